The van der Waals surface area contributed by atoms with Crippen molar-refractivity contribution in [3.63, 3.8) is 0 Å². The van der Waals surface area contributed by atoms with Gasteiger partial charge in [-0.15, -0.1) is 11.3 Å². The number of thiophene rings is 1. The fourth-order valence-corrected chi connectivity index (χ4v) is 9.33. The van der Waals surface area contributed by atoms with Crippen LogP contribution in [0.15, 0.2) is 146 Å². The van der Waals surface area contributed by atoms with Crippen LogP contribution in [-0.4, -0.2) is 10.6 Å². The Morgan fingerprint density at radius 1 is 0.609 bits per heavy atom. The van der Waals surface area contributed by atoms with Crippen molar-refractivity contribution < 1.29 is 0 Å². The Labute approximate surface area is 271 Å². The third kappa shape index (κ3) is 3.53. The molecule has 6 aromatic carbocycles. The fraction of sp³-hybridized carbons (Fsp3) is 0.0476. The molecule has 0 bridgehead atoms. The molecular formula is C42H29N3S. The van der Waals surface area contributed by atoms with E-state index < -0.39 is 0 Å². The first-order valence-electron chi connectivity index (χ1n) is 15.8. The summed E-state index contributed by atoms with van der Waals surface area (Å²) >= 11 is 1.94. The van der Waals surface area contributed by atoms with Crippen LogP contribution in [0.3, 0.4) is 0 Å². The van der Waals surface area contributed by atoms with Gasteiger partial charge < -0.3 is 15.2 Å². The van der Waals surface area contributed by atoms with Gasteiger partial charge in [-0.25, -0.2) is 0 Å². The van der Waals surface area contributed by atoms with Crippen LogP contribution in [0.2, 0.25) is 0 Å². The van der Waals surface area contributed by atoms with E-state index in [9.17, 15) is 0 Å². The zero-order chi connectivity index (χ0) is 30.4. The summed E-state index contributed by atoms with van der Waals surface area (Å²) in [7, 11) is 0. The zero-order valence-corrected chi connectivity index (χ0v) is 25.8. The first-order valence-corrected chi connectivity index (χ1v) is 16.6. The molecule has 1 aliphatic carbocycles. The minimum Gasteiger partial charge on any atom is -0.398 e. The third-order valence-electron chi connectivity index (χ3n) is 9.89. The highest BCUT2D eigenvalue weighted by Crippen LogP contribution is 2.55. The number of aromatic nitrogens is 1. The maximum absolute atomic E-state index is 6.93. The van der Waals surface area contributed by atoms with Crippen LogP contribution in [0.1, 0.15) is 21.9 Å². The number of hydrogen-bond donors (Lipinski definition) is 1. The van der Waals surface area contributed by atoms with E-state index in [0.29, 0.717) is 0 Å². The quantitative estimate of drug-likeness (QED) is 0.203. The lowest BCUT2D eigenvalue weighted by Gasteiger charge is -2.30. The molecule has 218 valence electrons. The Bertz CT molecular complexity index is 2470. The molecule has 8 aromatic rings. The van der Waals surface area contributed by atoms with E-state index in [2.05, 4.69) is 155 Å². The van der Waals surface area contributed by atoms with E-state index in [1.807, 2.05) is 17.4 Å². The highest BCUT2D eigenvalue weighted by molar-refractivity contribution is 7.19. The second-order valence-electron chi connectivity index (χ2n) is 12.3. The minimum absolute atomic E-state index is 0.193. The van der Waals surface area contributed by atoms with Crippen molar-refractivity contribution in [2.75, 3.05) is 10.6 Å². The highest BCUT2D eigenvalue weighted by Gasteiger charge is 2.42. The summed E-state index contributed by atoms with van der Waals surface area (Å²) in [5.74, 6) is 0.256. The van der Waals surface area contributed by atoms with Crippen molar-refractivity contribution in [3.05, 3.63) is 162 Å². The van der Waals surface area contributed by atoms with Gasteiger partial charge in [-0.3, -0.25) is 0 Å². The van der Waals surface area contributed by atoms with Crippen LogP contribution in [0.4, 0.5) is 17.1 Å². The largest absolute Gasteiger partial charge is 0.398 e. The molecule has 2 atom stereocenters. The lowest BCUT2D eigenvalue weighted by atomic mass is 9.85. The predicted octanol–water partition coefficient (Wildman–Crippen LogP) is 10.9. The molecule has 2 aromatic heterocycles. The molecule has 4 heteroatoms. The number of nitrogens with two attached hydrogens (primary N) is 1. The molecular weight excluding hydrogens is 579 g/mol. The van der Waals surface area contributed by atoms with E-state index in [1.54, 1.807) is 0 Å². The Morgan fingerprint density at radius 3 is 2.09 bits per heavy atom. The maximum atomic E-state index is 6.93. The normalized spacial score (nSPS) is 16.7. The first-order chi connectivity index (χ1) is 22.8. The molecule has 0 radical (unpaired) electrons. The van der Waals surface area contributed by atoms with Gasteiger partial charge >= 0.3 is 0 Å². The number of para-hydroxylation sites is 3. The lowest BCUT2D eigenvalue weighted by molar-refractivity contribution is 0.737. The monoisotopic (exact) mass is 607 g/mol. The summed E-state index contributed by atoms with van der Waals surface area (Å²) in [6.07, 6.45) is 4.77. The molecule has 46 heavy (non-hydrogen) atoms. The highest BCUT2D eigenvalue weighted by atomic mass is 32.1. The second-order valence-corrected chi connectivity index (χ2v) is 13.4. The molecule has 0 saturated heterocycles. The van der Waals surface area contributed by atoms with Gasteiger partial charge in [0.1, 0.15) is 0 Å². The summed E-state index contributed by atoms with van der Waals surface area (Å²) in [5, 5.41) is 3.83. The topological polar surface area (TPSA) is 34.2 Å². The fourth-order valence-electron chi connectivity index (χ4n) is 7.98. The number of fused-ring (bicyclic) bond motifs is 10. The minimum atomic E-state index is 0.193. The van der Waals surface area contributed by atoms with Gasteiger partial charge in [-0.1, -0.05) is 103 Å². The van der Waals surface area contributed by atoms with Crippen LogP contribution >= 0.6 is 11.3 Å². The molecule has 10 rings (SSSR count). The Balaban J connectivity index is 1.22. The predicted molar refractivity (Wildman–Crippen MR) is 196 cm³/mol. The average Bonchev–Trinajstić information content (AvgIpc) is 3.76. The molecule has 0 fully saturated rings. The van der Waals surface area contributed by atoms with Crippen molar-refractivity contribution in [2.45, 2.75) is 12.0 Å². The van der Waals surface area contributed by atoms with Crippen LogP contribution in [-0.2, 0) is 0 Å². The summed E-state index contributed by atoms with van der Waals surface area (Å²) < 4.78 is 3.73. The van der Waals surface area contributed by atoms with E-state index in [4.69, 9.17) is 5.73 Å². The molecule has 0 amide bonds. The SMILES string of the molecule is Nc1cccc(-n2c3ccccc3c3ccccc32)c1-c1ccc2c(c1)N(c1ccccc1)C1C=Cc3c(sc4ccccc34)C21. The number of nitrogen functional groups attached to an aromatic ring is 1. The van der Waals surface area contributed by atoms with Gasteiger partial charge in [0.2, 0.25) is 0 Å². The van der Waals surface area contributed by atoms with E-state index in [1.165, 1.54) is 59.3 Å². The van der Waals surface area contributed by atoms with E-state index in [0.717, 1.165) is 22.5 Å². The number of rotatable bonds is 3. The third-order valence-corrected chi connectivity index (χ3v) is 11.2. The zero-order valence-electron chi connectivity index (χ0n) is 25.0. The summed E-state index contributed by atoms with van der Waals surface area (Å²) in [6.45, 7) is 0. The second kappa shape index (κ2) is 9.71. The molecule has 2 aliphatic rings. The van der Waals surface area contributed by atoms with Gasteiger partial charge in [-0.05, 0) is 70.6 Å². The summed E-state index contributed by atoms with van der Waals surface area (Å²) in [6, 6.07) is 50.5. The van der Waals surface area contributed by atoms with E-state index in [-0.39, 0.29) is 12.0 Å². The molecule has 0 spiro atoms. The van der Waals surface area contributed by atoms with Crippen molar-refractivity contribution in [1.82, 2.24) is 4.57 Å². The van der Waals surface area contributed by atoms with Crippen molar-refractivity contribution in [3.8, 4) is 16.8 Å². The summed E-state index contributed by atoms with van der Waals surface area (Å²) in [4.78, 5) is 3.98. The number of nitrogens with zero attached hydrogens (tertiary/aromatic N) is 2. The van der Waals surface area contributed by atoms with Crippen LogP contribution in [0.25, 0.3) is 54.8 Å². The lowest BCUT2D eigenvalue weighted by Crippen LogP contribution is -2.29. The van der Waals surface area contributed by atoms with Gasteiger partial charge in [0.25, 0.3) is 0 Å². The molecule has 3 heterocycles. The van der Waals surface area contributed by atoms with Gasteiger partial charge in [0.05, 0.1) is 22.8 Å². The van der Waals surface area contributed by atoms with E-state index >= 15 is 0 Å². The molecule has 2 N–H and O–H groups in total. The van der Waals surface area contributed by atoms with Crippen molar-refractivity contribution in [2.24, 2.45) is 0 Å². The summed E-state index contributed by atoms with van der Waals surface area (Å²) in [5.41, 5.74) is 18.5. The standard InChI is InChI=1S/C42H29N3S/c43-33-16-10-19-36(45-34-17-7-4-13-28(34)29-14-5-8-18-35(29)45)40(33)26-21-22-32-38(25-26)44(27-11-2-1-3-12-27)37-24-23-31-30-15-6-9-20-39(30)46-42(31)41(32)37/h1-25,37,41H,43H2. The van der Waals surface area contributed by atoms with Crippen LogP contribution in [0, 0.1) is 0 Å². The Hall–Kier alpha value is -5.58. The Kier molecular flexibility index (Phi) is 5.43. The number of hydrogen-bond acceptors (Lipinski definition) is 3. The van der Waals surface area contributed by atoms with Crippen molar-refractivity contribution in [1.29, 1.82) is 0 Å². The van der Waals surface area contributed by atoms with Crippen molar-refractivity contribution >= 4 is 66.4 Å². The van der Waals surface area contributed by atoms with Gasteiger partial charge in [0.15, 0.2) is 0 Å². The molecule has 0 saturated carbocycles. The first kappa shape index (κ1) is 25.7. The van der Waals surface area contributed by atoms with Crippen LogP contribution < -0.4 is 10.6 Å². The smallest absolute Gasteiger partial charge is 0.0643 e. The molecule has 1 aliphatic heterocycles. The average molecular weight is 608 g/mol. The number of anilines is 3. The molecule has 3 nitrogen and oxygen atoms in total. The van der Waals surface area contributed by atoms with Gasteiger partial charge in [0, 0.05) is 48.9 Å². The Morgan fingerprint density at radius 2 is 1.30 bits per heavy atom. The number of benzene rings is 6. The molecule has 2 unspecified atom stereocenters. The van der Waals surface area contributed by atoms with Gasteiger partial charge in [-0.2, -0.15) is 0 Å². The maximum Gasteiger partial charge on any atom is 0.0643 e. The van der Waals surface area contributed by atoms with Crippen LogP contribution in [0.5, 0.6) is 0 Å².